The number of rotatable bonds is 4. The van der Waals surface area contributed by atoms with Crippen LogP contribution >= 0.6 is 11.6 Å². The standard InChI is InChI=1S/C10H10ClNO5/c1-16-5-6-3-9(12(14)15)8(11)4-7(6)10(13)17-2/h3-4H,5H2,1-2H3. The van der Waals surface area contributed by atoms with E-state index in [4.69, 9.17) is 16.3 Å². The van der Waals surface area contributed by atoms with Crippen LogP contribution in [0.4, 0.5) is 5.69 Å². The lowest BCUT2D eigenvalue weighted by molar-refractivity contribution is -0.384. The van der Waals surface area contributed by atoms with Crippen LogP contribution in [0.2, 0.25) is 5.02 Å². The number of ether oxygens (including phenoxy) is 2. The summed E-state index contributed by atoms with van der Waals surface area (Å²) in [4.78, 5) is 21.5. The van der Waals surface area contributed by atoms with Crippen LogP contribution in [0.3, 0.4) is 0 Å². The molecule has 0 aromatic heterocycles. The highest BCUT2D eigenvalue weighted by Gasteiger charge is 2.20. The molecule has 6 nitrogen and oxygen atoms in total. The molecule has 0 saturated heterocycles. The number of benzene rings is 1. The maximum absolute atomic E-state index is 11.4. The number of carbonyl (C=O) groups excluding carboxylic acids is 1. The molecule has 0 unspecified atom stereocenters. The molecule has 1 rings (SSSR count). The summed E-state index contributed by atoms with van der Waals surface area (Å²) in [5.74, 6) is -0.617. The van der Waals surface area contributed by atoms with E-state index < -0.39 is 10.9 Å². The van der Waals surface area contributed by atoms with E-state index in [0.29, 0.717) is 5.56 Å². The zero-order valence-corrected chi connectivity index (χ0v) is 9.98. The first-order valence-electron chi connectivity index (χ1n) is 4.55. The van der Waals surface area contributed by atoms with E-state index in [1.54, 1.807) is 0 Å². The van der Waals surface area contributed by atoms with Gasteiger partial charge in [0.15, 0.2) is 0 Å². The molecule has 0 saturated carbocycles. The third kappa shape index (κ3) is 2.92. The van der Waals surface area contributed by atoms with Gasteiger partial charge in [0.05, 0.1) is 24.2 Å². The van der Waals surface area contributed by atoms with Crippen molar-refractivity contribution in [3.05, 3.63) is 38.4 Å². The monoisotopic (exact) mass is 259 g/mol. The Morgan fingerprint density at radius 1 is 1.47 bits per heavy atom. The highest BCUT2D eigenvalue weighted by molar-refractivity contribution is 6.33. The Labute approximate surface area is 102 Å². The second-order valence-electron chi connectivity index (χ2n) is 3.14. The quantitative estimate of drug-likeness (QED) is 0.470. The molecule has 0 spiro atoms. The minimum absolute atomic E-state index is 0.0580. The Morgan fingerprint density at radius 2 is 2.12 bits per heavy atom. The Kier molecular flexibility index (Phi) is 4.42. The van der Waals surface area contributed by atoms with Crippen molar-refractivity contribution in [3.8, 4) is 0 Å². The van der Waals surface area contributed by atoms with Crippen molar-refractivity contribution in [1.82, 2.24) is 0 Å². The average molecular weight is 260 g/mol. The number of nitrogens with zero attached hydrogens (tertiary/aromatic N) is 1. The predicted molar refractivity (Wildman–Crippen MR) is 60.2 cm³/mol. The van der Waals surface area contributed by atoms with E-state index in [2.05, 4.69) is 4.74 Å². The lowest BCUT2D eigenvalue weighted by atomic mass is 10.1. The molecule has 0 radical (unpaired) electrons. The van der Waals surface area contributed by atoms with Gasteiger partial charge in [-0.25, -0.2) is 4.79 Å². The van der Waals surface area contributed by atoms with Crippen LogP contribution in [-0.2, 0) is 16.1 Å². The number of methoxy groups -OCH3 is 2. The van der Waals surface area contributed by atoms with Crippen LogP contribution in [0, 0.1) is 10.1 Å². The Balaban J connectivity index is 3.35. The zero-order chi connectivity index (χ0) is 13.0. The molecular weight excluding hydrogens is 250 g/mol. The van der Waals surface area contributed by atoms with E-state index >= 15 is 0 Å². The largest absolute Gasteiger partial charge is 0.465 e. The van der Waals surface area contributed by atoms with Gasteiger partial charge in [-0.3, -0.25) is 10.1 Å². The lowest BCUT2D eigenvalue weighted by Crippen LogP contribution is -2.07. The summed E-state index contributed by atoms with van der Waals surface area (Å²) in [5, 5.41) is 10.6. The number of nitro benzene ring substituents is 1. The van der Waals surface area contributed by atoms with Gasteiger partial charge in [-0.2, -0.15) is 0 Å². The Bertz CT molecular complexity index is 460. The van der Waals surface area contributed by atoms with Crippen LogP contribution in [0.1, 0.15) is 15.9 Å². The lowest BCUT2D eigenvalue weighted by Gasteiger charge is -2.07. The summed E-state index contributed by atoms with van der Waals surface area (Å²) < 4.78 is 9.42. The second-order valence-corrected chi connectivity index (χ2v) is 3.55. The van der Waals surface area contributed by atoms with Gasteiger partial charge in [0.1, 0.15) is 5.02 Å². The molecule has 0 aliphatic heterocycles. The van der Waals surface area contributed by atoms with E-state index in [1.807, 2.05) is 0 Å². The molecular formula is C10H10ClNO5. The molecule has 0 fully saturated rings. The van der Waals surface area contributed by atoms with Crippen molar-refractivity contribution >= 4 is 23.3 Å². The van der Waals surface area contributed by atoms with Crippen LogP contribution in [0.25, 0.3) is 0 Å². The highest BCUT2D eigenvalue weighted by Crippen LogP contribution is 2.28. The summed E-state index contributed by atoms with van der Waals surface area (Å²) in [6.45, 7) is 0.0580. The van der Waals surface area contributed by atoms with Gasteiger partial charge in [-0.15, -0.1) is 0 Å². The molecule has 1 aromatic carbocycles. The van der Waals surface area contributed by atoms with Gasteiger partial charge >= 0.3 is 5.97 Å². The van der Waals surface area contributed by atoms with Crippen molar-refractivity contribution in [2.24, 2.45) is 0 Å². The van der Waals surface area contributed by atoms with Gasteiger partial charge in [0, 0.05) is 13.2 Å². The minimum atomic E-state index is -0.622. The Hall–Kier alpha value is -1.66. The topological polar surface area (TPSA) is 78.7 Å². The predicted octanol–water partition coefficient (Wildman–Crippen LogP) is 2.18. The summed E-state index contributed by atoms with van der Waals surface area (Å²) >= 11 is 5.71. The molecule has 17 heavy (non-hydrogen) atoms. The van der Waals surface area contributed by atoms with Crippen molar-refractivity contribution < 1.29 is 19.2 Å². The zero-order valence-electron chi connectivity index (χ0n) is 9.23. The summed E-state index contributed by atoms with van der Waals surface area (Å²) in [7, 11) is 2.63. The molecule has 0 aliphatic rings. The first-order chi connectivity index (χ1) is 8.01. The average Bonchev–Trinajstić information content (AvgIpc) is 2.29. The number of halogens is 1. The molecule has 0 atom stereocenters. The summed E-state index contributed by atoms with van der Waals surface area (Å²) in [5.41, 5.74) is 0.242. The second kappa shape index (κ2) is 5.60. The first-order valence-corrected chi connectivity index (χ1v) is 4.93. The van der Waals surface area contributed by atoms with Crippen molar-refractivity contribution in [2.45, 2.75) is 6.61 Å². The third-order valence-corrected chi connectivity index (χ3v) is 2.38. The van der Waals surface area contributed by atoms with Crippen LogP contribution in [0.15, 0.2) is 12.1 Å². The smallest absolute Gasteiger partial charge is 0.338 e. The highest BCUT2D eigenvalue weighted by atomic mass is 35.5. The third-order valence-electron chi connectivity index (χ3n) is 2.07. The van der Waals surface area contributed by atoms with Crippen molar-refractivity contribution in [2.75, 3.05) is 14.2 Å². The molecule has 7 heteroatoms. The minimum Gasteiger partial charge on any atom is -0.465 e. The van der Waals surface area contributed by atoms with Gasteiger partial charge in [0.2, 0.25) is 0 Å². The maximum atomic E-state index is 11.4. The maximum Gasteiger partial charge on any atom is 0.338 e. The van der Waals surface area contributed by atoms with Gasteiger partial charge in [0.25, 0.3) is 5.69 Å². The number of esters is 1. The van der Waals surface area contributed by atoms with Crippen molar-refractivity contribution in [3.63, 3.8) is 0 Å². The molecule has 0 amide bonds. The van der Waals surface area contributed by atoms with Crippen LogP contribution in [-0.4, -0.2) is 25.1 Å². The Morgan fingerprint density at radius 3 is 2.59 bits per heavy atom. The first kappa shape index (κ1) is 13.4. The van der Waals surface area contributed by atoms with E-state index in [1.165, 1.54) is 26.4 Å². The number of hydrogen-bond acceptors (Lipinski definition) is 5. The molecule has 1 aromatic rings. The number of hydrogen-bond donors (Lipinski definition) is 0. The fraction of sp³-hybridized carbons (Fsp3) is 0.300. The van der Waals surface area contributed by atoms with E-state index in [-0.39, 0.29) is 22.9 Å². The fourth-order valence-electron chi connectivity index (χ4n) is 1.32. The van der Waals surface area contributed by atoms with Crippen molar-refractivity contribution in [1.29, 1.82) is 0 Å². The van der Waals surface area contributed by atoms with Crippen LogP contribution in [0.5, 0.6) is 0 Å². The number of nitro groups is 1. The van der Waals surface area contributed by atoms with Gasteiger partial charge in [-0.05, 0) is 11.6 Å². The molecule has 0 bridgehead atoms. The SMILES string of the molecule is COCc1cc([N+](=O)[O-])c(Cl)cc1C(=O)OC. The van der Waals surface area contributed by atoms with Gasteiger partial charge in [-0.1, -0.05) is 11.6 Å². The molecule has 0 aliphatic carbocycles. The van der Waals surface area contributed by atoms with Gasteiger partial charge < -0.3 is 9.47 Å². The van der Waals surface area contributed by atoms with Crippen LogP contribution < -0.4 is 0 Å². The number of carbonyl (C=O) groups is 1. The molecule has 92 valence electrons. The molecule has 0 heterocycles. The molecule has 0 N–H and O–H groups in total. The summed E-state index contributed by atoms with van der Waals surface area (Å²) in [6.07, 6.45) is 0. The summed E-state index contributed by atoms with van der Waals surface area (Å²) in [6, 6.07) is 2.41. The normalized spacial score (nSPS) is 10.1. The van der Waals surface area contributed by atoms with E-state index in [9.17, 15) is 14.9 Å². The fourth-order valence-corrected chi connectivity index (χ4v) is 1.55. The van der Waals surface area contributed by atoms with E-state index in [0.717, 1.165) is 0 Å².